The van der Waals surface area contributed by atoms with Crippen molar-refractivity contribution in [1.82, 2.24) is 10.2 Å². The number of fused-ring (bicyclic) bond motifs is 3. The summed E-state index contributed by atoms with van der Waals surface area (Å²) in [6.45, 7) is 4.04. The van der Waals surface area contributed by atoms with Crippen LogP contribution in [0.4, 0.5) is 0 Å². The van der Waals surface area contributed by atoms with E-state index in [2.05, 4.69) is 5.32 Å². The molecule has 6 atom stereocenters. The lowest BCUT2D eigenvalue weighted by Crippen LogP contribution is -2.70. The smallest absolute Gasteiger partial charge is 0.255 e. The SMILES string of the molecule is CCCCNC1=C2C(=O)c3c(O)cccc3[C@H](C)[C@H]2[C@H](O)[C@H]2[C@H](N(C)C)C(O)=C(C(N)=O)C(=O)[C@@]12O. The first-order chi connectivity index (χ1) is 16.9. The van der Waals surface area contributed by atoms with Crippen molar-refractivity contribution < 1.29 is 34.8 Å². The normalized spacial score (nSPS) is 31.8. The Balaban J connectivity index is 2.08. The number of likely N-dealkylation sites (N-methyl/N-ethyl adjacent to an activating group) is 1. The number of carbonyl (C=O) groups excluding carboxylic acids is 3. The largest absolute Gasteiger partial charge is 0.510 e. The Labute approximate surface area is 209 Å². The van der Waals surface area contributed by atoms with E-state index in [-0.39, 0.29) is 22.6 Å². The van der Waals surface area contributed by atoms with E-state index in [1.165, 1.54) is 11.0 Å². The van der Waals surface area contributed by atoms with E-state index >= 15 is 0 Å². The third-order valence-corrected chi connectivity index (χ3v) is 7.86. The van der Waals surface area contributed by atoms with Crippen molar-refractivity contribution in [1.29, 1.82) is 0 Å². The van der Waals surface area contributed by atoms with Gasteiger partial charge in [0.05, 0.1) is 29.3 Å². The fraction of sp³-hybridized carbons (Fsp3) is 0.500. The molecule has 0 aliphatic heterocycles. The summed E-state index contributed by atoms with van der Waals surface area (Å²) in [5, 5.41) is 48.5. The first kappa shape index (κ1) is 25.9. The van der Waals surface area contributed by atoms with Gasteiger partial charge in [-0.1, -0.05) is 32.4 Å². The van der Waals surface area contributed by atoms with Crippen molar-refractivity contribution in [2.45, 2.75) is 50.4 Å². The molecule has 10 nitrogen and oxygen atoms in total. The Morgan fingerprint density at radius 2 is 1.89 bits per heavy atom. The van der Waals surface area contributed by atoms with Crippen molar-refractivity contribution >= 4 is 17.5 Å². The predicted molar refractivity (Wildman–Crippen MR) is 130 cm³/mol. The van der Waals surface area contributed by atoms with Crippen LogP contribution < -0.4 is 11.1 Å². The van der Waals surface area contributed by atoms with E-state index in [1.807, 2.05) is 6.92 Å². The Kier molecular flexibility index (Phi) is 6.48. The molecule has 0 saturated heterocycles. The lowest BCUT2D eigenvalue weighted by atomic mass is 9.54. The summed E-state index contributed by atoms with van der Waals surface area (Å²) >= 11 is 0. The number of rotatable bonds is 6. The molecule has 194 valence electrons. The van der Waals surface area contributed by atoms with Gasteiger partial charge in [0.15, 0.2) is 11.4 Å². The topological polar surface area (TPSA) is 173 Å². The minimum absolute atomic E-state index is 0.0186. The van der Waals surface area contributed by atoms with Crippen molar-refractivity contribution in [2.75, 3.05) is 20.6 Å². The van der Waals surface area contributed by atoms with Crippen LogP contribution in [0.15, 0.2) is 40.8 Å². The third-order valence-electron chi connectivity index (χ3n) is 7.86. The van der Waals surface area contributed by atoms with Gasteiger partial charge < -0.3 is 31.5 Å². The van der Waals surface area contributed by atoms with Crippen LogP contribution in [-0.4, -0.2) is 81.2 Å². The van der Waals surface area contributed by atoms with E-state index in [0.717, 1.165) is 6.42 Å². The zero-order valence-corrected chi connectivity index (χ0v) is 20.8. The first-order valence-corrected chi connectivity index (χ1v) is 12.1. The number of nitrogens with zero attached hydrogens (tertiary/aromatic N) is 1. The second-order valence-corrected chi connectivity index (χ2v) is 10.1. The first-order valence-electron chi connectivity index (χ1n) is 12.1. The summed E-state index contributed by atoms with van der Waals surface area (Å²) in [6.07, 6.45) is -0.0474. The van der Waals surface area contributed by atoms with E-state index in [9.17, 15) is 34.8 Å². The molecule has 0 radical (unpaired) electrons. The van der Waals surface area contributed by atoms with Crippen LogP contribution in [0.2, 0.25) is 0 Å². The average Bonchev–Trinajstić information content (AvgIpc) is 2.80. The summed E-state index contributed by atoms with van der Waals surface area (Å²) in [4.78, 5) is 41.4. The van der Waals surface area contributed by atoms with E-state index in [1.54, 1.807) is 33.2 Å². The van der Waals surface area contributed by atoms with E-state index in [0.29, 0.717) is 18.5 Å². The number of hydrogen-bond acceptors (Lipinski definition) is 9. The maximum atomic E-state index is 13.9. The lowest BCUT2D eigenvalue weighted by Gasteiger charge is -2.55. The molecule has 0 unspecified atom stereocenters. The maximum absolute atomic E-state index is 13.9. The van der Waals surface area contributed by atoms with Crippen LogP contribution in [0, 0.1) is 11.8 Å². The molecular formula is C26H33N3O7. The quantitative estimate of drug-likeness (QED) is 0.240. The lowest BCUT2D eigenvalue weighted by molar-refractivity contribution is -0.156. The van der Waals surface area contributed by atoms with Gasteiger partial charge in [0.25, 0.3) is 5.91 Å². The number of aliphatic hydroxyl groups excluding tert-OH is 2. The van der Waals surface area contributed by atoms with Gasteiger partial charge in [0.2, 0.25) is 5.78 Å². The number of hydrogen-bond donors (Lipinski definition) is 6. The van der Waals surface area contributed by atoms with Crippen LogP contribution >= 0.6 is 0 Å². The van der Waals surface area contributed by atoms with Crippen molar-refractivity contribution in [3.8, 4) is 5.75 Å². The fourth-order valence-electron chi connectivity index (χ4n) is 6.23. The highest BCUT2D eigenvalue weighted by molar-refractivity contribution is 6.25. The summed E-state index contributed by atoms with van der Waals surface area (Å²) in [6, 6.07) is 3.54. The highest BCUT2D eigenvalue weighted by Crippen LogP contribution is 2.55. The van der Waals surface area contributed by atoms with Crippen LogP contribution in [-0.2, 0) is 9.59 Å². The Bertz CT molecular complexity index is 1200. The number of unbranched alkanes of at least 4 members (excludes halogenated alkanes) is 1. The monoisotopic (exact) mass is 499 g/mol. The molecule has 1 aromatic rings. The van der Waals surface area contributed by atoms with Crippen molar-refractivity contribution in [3.63, 3.8) is 0 Å². The standard InChI is InChI=1S/C26H33N3O7/c1-5-6-10-28-23-16-14(11(2)12-8-7-9-13(30)15(12)20(16)31)21(32)18-19(29(3)4)22(33)17(25(27)35)24(34)26(18,23)36/h7-9,11,14,18-19,21,28,30,32-33,36H,5-6,10H2,1-4H3,(H2,27,35)/t11-,14+,18+,19-,21-,26-/m0/s1. The van der Waals surface area contributed by atoms with Gasteiger partial charge in [0, 0.05) is 18.0 Å². The molecule has 0 spiro atoms. The third kappa shape index (κ3) is 3.39. The summed E-state index contributed by atoms with van der Waals surface area (Å²) in [5.74, 6) is -6.57. The summed E-state index contributed by atoms with van der Waals surface area (Å²) in [5.41, 5.74) is 2.57. The number of nitrogens with one attached hydrogen (secondary N) is 1. The molecule has 4 rings (SSSR count). The molecule has 0 bridgehead atoms. The van der Waals surface area contributed by atoms with Gasteiger partial charge in [-0.15, -0.1) is 0 Å². The highest BCUT2D eigenvalue weighted by atomic mass is 16.3. The molecule has 36 heavy (non-hydrogen) atoms. The number of phenolic OH excluding ortho intramolecular Hbond substituents is 1. The number of carbonyl (C=O) groups is 3. The van der Waals surface area contributed by atoms with Crippen LogP contribution in [0.3, 0.4) is 0 Å². The molecule has 3 aliphatic carbocycles. The summed E-state index contributed by atoms with van der Waals surface area (Å²) in [7, 11) is 3.16. The minimum Gasteiger partial charge on any atom is -0.510 e. The van der Waals surface area contributed by atoms with Crippen molar-refractivity contribution in [3.05, 3.63) is 51.9 Å². The minimum atomic E-state index is -2.55. The number of Topliss-reactive ketones (excluding diaryl/α,β-unsaturated/α-hetero) is 2. The van der Waals surface area contributed by atoms with Crippen LogP contribution in [0.1, 0.15) is 48.5 Å². The molecule has 0 heterocycles. The second-order valence-electron chi connectivity index (χ2n) is 10.1. The number of phenols is 1. The summed E-state index contributed by atoms with van der Waals surface area (Å²) < 4.78 is 0. The number of nitrogens with two attached hydrogens (primary N) is 1. The number of ketones is 2. The maximum Gasteiger partial charge on any atom is 0.255 e. The second kappa shape index (κ2) is 9.02. The molecule has 3 aliphatic rings. The molecule has 1 amide bonds. The zero-order chi connectivity index (χ0) is 26.7. The van der Waals surface area contributed by atoms with Gasteiger partial charge in [-0.25, -0.2) is 0 Å². The predicted octanol–water partition coefficient (Wildman–Crippen LogP) is 0.484. The number of aliphatic hydroxyl groups is 3. The fourth-order valence-corrected chi connectivity index (χ4v) is 6.23. The molecule has 10 heteroatoms. The van der Waals surface area contributed by atoms with Gasteiger partial charge >= 0.3 is 0 Å². The van der Waals surface area contributed by atoms with Crippen LogP contribution in [0.5, 0.6) is 5.75 Å². The Hall–Kier alpha value is -3.21. The Morgan fingerprint density at radius 1 is 1.22 bits per heavy atom. The van der Waals surface area contributed by atoms with E-state index in [4.69, 9.17) is 5.73 Å². The average molecular weight is 500 g/mol. The van der Waals surface area contributed by atoms with E-state index < -0.39 is 64.3 Å². The molecule has 1 aromatic carbocycles. The molecule has 0 saturated carbocycles. The number of aromatic hydroxyl groups is 1. The van der Waals surface area contributed by atoms with Gasteiger partial charge in [-0.2, -0.15) is 0 Å². The van der Waals surface area contributed by atoms with Crippen molar-refractivity contribution in [2.24, 2.45) is 17.6 Å². The molecule has 0 fully saturated rings. The number of benzene rings is 1. The zero-order valence-electron chi connectivity index (χ0n) is 20.8. The molecular weight excluding hydrogens is 466 g/mol. The number of primary amides is 1. The number of amides is 1. The molecule has 0 aromatic heterocycles. The van der Waals surface area contributed by atoms with Gasteiger partial charge in [0.1, 0.15) is 17.1 Å². The van der Waals surface area contributed by atoms with Crippen LogP contribution in [0.25, 0.3) is 0 Å². The highest BCUT2D eigenvalue weighted by Gasteiger charge is 2.66. The van der Waals surface area contributed by atoms with Gasteiger partial charge in [-0.3, -0.25) is 19.3 Å². The Morgan fingerprint density at radius 3 is 2.47 bits per heavy atom. The molecule has 7 N–H and O–H groups in total. The van der Waals surface area contributed by atoms with Gasteiger partial charge in [-0.05, 0) is 38.1 Å².